The normalized spacial score (nSPS) is 21.6. The molecule has 0 heterocycles. The van der Waals surface area contributed by atoms with Gasteiger partial charge in [0.05, 0.1) is 0 Å². The third-order valence-corrected chi connectivity index (χ3v) is 4.70. The van der Waals surface area contributed by atoms with E-state index in [1.807, 2.05) is 6.07 Å². The first-order valence-corrected chi connectivity index (χ1v) is 8.55. The predicted octanol–water partition coefficient (Wildman–Crippen LogP) is 3.33. The number of aliphatic hydroxyl groups is 1. The molecule has 0 amide bonds. The van der Waals surface area contributed by atoms with Gasteiger partial charge in [0.2, 0.25) is 0 Å². The van der Waals surface area contributed by atoms with Gasteiger partial charge in [-0.3, -0.25) is 0 Å². The number of nitrogens with zero attached hydrogens (tertiary/aromatic N) is 1. The van der Waals surface area contributed by atoms with Gasteiger partial charge in [0.25, 0.3) is 0 Å². The highest BCUT2D eigenvalue weighted by Gasteiger charge is 2.18. The number of rotatable bonds is 8. The van der Waals surface area contributed by atoms with E-state index in [2.05, 4.69) is 43.3 Å². The summed E-state index contributed by atoms with van der Waals surface area (Å²) in [6, 6.07) is 5.28. The number of halogens is 1. The van der Waals surface area contributed by atoms with Crippen LogP contribution in [0, 0.1) is 17.7 Å². The van der Waals surface area contributed by atoms with Crippen molar-refractivity contribution in [3.05, 3.63) is 41.7 Å². The Balaban J connectivity index is 2.02. The summed E-state index contributed by atoms with van der Waals surface area (Å²) in [6.45, 7) is 6.21. The first-order valence-electron chi connectivity index (χ1n) is 8.55. The number of nitrogens with one attached hydrogen (secondary N) is 1. The standard InChI is InChI=1S/C19H29FN2O/c1-4-14(2)12-22(3)19-8-6-17(20)10-16(19)11-21-18-7-5-15(9-18)13-23/h5-8,10,14-15,18,21,23H,4,9,11-13H2,1-3H3/t14?,15-,18+/m0/s1. The van der Waals surface area contributed by atoms with Crippen LogP contribution in [0.5, 0.6) is 0 Å². The van der Waals surface area contributed by atoms with Crippen LogP contribution in [0.2, 0.25) is 0 Å². The molecule has 3 nitrogen and oxygen atoms in total. The molecule has 2 rings (SSSR count). The van der Waals surface area contributed by atoms with E-state index in [0.29, 0.717) is 12.5 Å². The van der Waals surface area contributed by atoms with Gasteiger partial charge in [-0.25, -0.2) is 4.39 Å². The van der Waals surface area contributed by atoms with E-state index in [1.54, 1.807) is 6.07 Å². The molecular weight excluding hydrogens is 291 g/mol. The zero-order chi connectivity index (χ0) is 16.8. The highest BCUT2D eigenvalue weighted by Crippen LogP contribution is 2.23. The van der Waals surface area contributed by atoms with Crippen LogP contribution in [0.15, 0.2) is 30.4 Å². The lowest BCUT2D eigenvalue weighted by Gasteiger charge is -2.26. The zero-order valence-electron chi connectivity index (χ0n) is 14.4. The van der Waals surface area contributed by atoms with Crippen molar-refractivity contribution in [2.24, 2.45) is 11.8 Å². The van der Waals surface area contributed by atoms with E-state index >= 15 is 0 Å². The second-order valence-electron chi connectivity index (χ2n) is 6.72. The Morgan fingerprint density at radius 1 is 1.39 bits per heavy atom. The Kier molecular flexibility index (Phi) is 6.60. The lowest BCUT2D eigenvalue weighted by molar-refractivity contribution is 0.246. The van der Waals surface area contributed by atoms with Crippen LogP contribution in [0.1, 0.15) is 32.3 Å². The van der Waals surface area contributed by atoms with Gasteiger partial charge in [0, 0.05) is 44.4 Å². The highest BCUT2D eigenvalue weighted by atomic mass is 19.1. The molecule has 1 aliphatic carbocycles. The molecular formula is C19H29FN2O. The Morgan fingerprint density at radius 3 is 2.83 bits per heavy atom. The molecule has 4 heteroatoms. The second kappa shape index (κ2) is 8.46. The molecule has 128 valence electrons. The van der Waals surface area contributed by atoms with Crippen LogP contribution in [0.3, 0.4) is 0 Å². The van der Waals surface area contributed by atoms with Crippen LogP contribution < -0.4 is 10.2 Å². The number of hydrogen-bond acceptors (Lipinski definition) is 3. The molecule has 0 bridgehead atoms. The van der Waals surface area contributed by atoms with Gasteiger partial charge in [-0.2, -0.15) is 0 Å². The van der Waals surface area contributed by atoms with E-state index in [-0.39, 0.29) is 24.4 Å². The number of benzene rings is 1. The average molecular weight is 320 g/mol. The van der Waals surface area contributed by atoms with Crippen molar-refractivity contribution in [2.45, 2.75) is 39.3 Å². The molecule has 1 aliphatic rings. The second-order valence-corrected chi connectivity index (χ2v) is 6.72. The smallest absolute Gasteiger partial charge is 0.123 e. The molecule has 0 saturated heterocycles. The van der Waals surface area contributed by atoms with Gasteiger partial charge < -0.3 is 15.3 Å². The molecule has 0 spiro atoms. The minimum absolute atomic E-state index is 0.192. The molecule has 3 atom stereocenters. The molecule has 1 aromatic carbocycles. The fourth-order valence-corrected chi connectivity index (χ4v) is 3.07. The summed E-state index contributed by atoms with van der Waals surface area (Å²) in [7, 11) is 2.07. The van der Waals surface area contributed by atoms with Crippen LogP contribution >= 0.6 is 0 Å². The molecule has 0 radical (unpaired) electrons. The summed E-state index contributed by atoms with van der Waals surface area (Å²) < 4.78 is 13.7. The van der Waals surface area contributed by atoms with Crippen molar-refractivity contribution < 1.29 is 9.50 Å². The van der Waals surface area contributed by atoms with Crippen LogP contribution in [0.4, 0.5) is 10.1 Å². The minimum atomic E-state index is -0.197. The van der Waals surface area contributed by atoms with Crippen molar-refractivity contribution >= 4 is 5.69 Å². The lowest BCUT2D eigenvalue weighted by atomic mass is 10.1. The quantitative estimate of drug-likeness (QED) is 0.721. The maximum Gasteiger partial charge on any atom is 0.123 e. The van der Waals surface area contributed by atoms with Gasteiger partial charge in [0.1, 0.15) is 5.82 Å². The maximum atomic E-state index is 13.7. The summed E-state index contributed by atoms with van der Waals surface area (Å²) in [5.74, 6) is 0.652. The van der Waals surface area contributed by atoms with Gasteiger partial charge in [0.15, 0.2) is 0 Å². The Bertz CT molecular complexity index is 532. The Hall–Kier alpha value is -1.39. The maximum absolute atomic E-state index is 13.7. The lowest BCUT2D eigenvalue weighted by Crippen LogP contribution is -2.29. The summed E-state index contributed by atoms with van der Waals surface area (Å²) in [5, 5.41) is 12.7. The minimum Gasteiger partial charge on any atom is -0.396 e. The third kappa shape index (κ3) is 5.05. The monoisotopic (exact) mass is 320 g/mol. The summed E-state index contributed by atoms with van der Waals surface area (Å²) >= 11 is 0. The number of hydrogen-bond donors (Lipinski definition) is 2. The van der Waals surface area contributed by atoms with Crippen LogP contribution in [-0.2, 0) is 6.54 Å². The zero-order valence-corrected chi connectivity index (χ0v) is 14.4. The molecule has 0 aliphatic heterocycles. The first kappa shape index (κ1) is 18.0. The molecule has 2 N–H and O–H groups in total. The predicted molar refractivity (Wildman–Crippen MR) is 94.1 cm³/mol. The molecule has 1 aromatic rings. The van der Waals surface area contributed by atoms with Crippen LogP contribution in [0.25, 0.3) is 0 Å². The molecule has 23 heavy (non-hydrogen) atoms. The average Bonchev–Trinajstić information content (AvgIpc) is 3.00. The van der Waals surface area contributed by atoms with E-state index in [0.717, 1.165) is 30.6 Å². The molecule has 1 unspecified atom stereocenters. The van der Waals surface area contributed by atoms with Crippen molar-refractivity contribution in [3.8, 4) is 0 Å². The number of aliphatic hydroxyl groups excluding tert-OH is 1. The van der Waals surface area contributed by atoms with E-state index in [4.69, 9.17) is 0 Å². The summed E-state index contributed by atoms with van der Waals surface area (Å²) in [4.78, 5) is 2.21. The Labute approximate surface area is 139 Å². The van der Waals surface area contributed by atoms with E-state index < -0.39 is 0 Å². The van der Waals surface area contributed by atoms with E-state index in [9.17, 15) is 9.50 Å². The van der Waals surface area contributed by atoms with Crippen molar-refractivity contribution in [1.82, 2.24) is 5.32 Å². The topological polar surface area (TPSA) is 35.5 Å². The molecule has 0 aromatic heterocycles. The largest absolute Gasteiger partial charge is 0.396 e. The van der Waals surface area contributed by atoms with Crippen LogP contribution in [-0.4, -0.2) is 31.3 Å². The van der Waals surface area contributed by atoms with E-state index in [1.165, 1.54) is 6.07 Å². The third-order valence-electron chi connectivity index (χ3n) is 4.70. The summed E-state index contributed by atoms with van der Waals surface area (Å²) in [6.07, 6.45) is 6.19. The van der Waals surface area contributed by atoms with Crippen molar-refractivity contribution in [3.63, 3.8) is 0 Å². The van der Waals surface area contributed by atoms with Gasteiger partial charge in [-0.05, 0) is 36.1 Å². The number of anilines is 1. The Morgan fingerprint density at radius 2 is 2.17 bits per heavy atom. The van der Waals surface area contributed by atoms with Gasteiger partial charge >= 0.3 is 0 Å². The fourth-order valence-electron chi connectivity index (χ4n) is 3.07. The van der Waals surface area contributed by atoms with Crippen molar-refractivity contribution in [2.75, 3.05) is 25.1 Å². The first-order chi connectivity index (χ1) is 11.0. The highest BCUT2D eigenvalue weighted by molar-refractivity contribution is 5.53. The summed E-state index contributed by atoms with van der Waals surface area (Å²) in [5.41, 5.74) is 2.07. The fraction of sp³-hybridized carbons (Fsp3) is 0.579. The van der Waals surface area contributed by atoms with Gasteiger partial charge in [-0.1, -0.05) is 32.4 Å². The van der Waals surface area contributed by atoms with Gasteiger partial charge in [-0.15, -0.1) is 0 Å². The molecule has 0 fully saturated rings. The SMILES string of the molecule is CCC(C)CN(C)c1ccc(F)cc1CN[C@@H]1C=C[C@H](CO)C1. The molecule has 0 saturated carbocycles. The van der Waals surface area contributed by atoms with Crippen molar-refractivity contribution in [1.29, 1.82) is 0 Å².